The van der Waals surface area contributed by atoms with E-state index in [1.54, 1.807) is 24.3 Å². The molecule has 8 heteroatoms. The van der Waals surface area contributed by atoms with Crippen LogP contribution in [-0.4, -0.2) is 24.7 Å². The third-order valence-electron chi connectivity index (χ3n) is 2.74. The molecule has 0 aliphatic heterocycles. The van der Waals surface area contributed by atoms with E-state index in [2.05, 4.69) is 36.2 Å². The molecule has 6 nitrogen and oxygen atoms in total. The molecule has 0 aliphatic carbocycles. The summed E-state index contributed by atoms with van der Waals surface area (Å²) in [6, 6.07) is 7.17. The van der Waals surface area contributed by atoms with Gasteiger partial charge < -0.3 is 5.32 Å². The minimum Gasteiger partial charge on any atom is -0.310 e. The Morgan fingerprint density at radius 3 is 2.57 bits per heavy atom. The van der Waals surface area contributed by atoms with E-state index in [9.17, 15) is 8.42 Å². The summed E-state index contributed by atoms with van der Waals surface area (Å²) in [6.45, 7) is 4.42. The standard InChI is InChI=1S/C13H17BrN4O2S/c1-9(2)15-7-10-8-16-17-13(10)21(19,20)18-12-5-3-11(14)4-6-12/h3-6,8-9,15,18H,7H2,1-2H3,(H,16,17). The number of nitrogens with zero attached hydrogens (tertiary/aromatic N) is 1. The Morgan fingerprint density at radius 1 is 1.29 bits per heavy atom. The zero-order valence-corrected chi connectivity index (χ0v) is 14.1. The van der Waals surface area contributed by atoms with Gasteiger partial charge in [0.1, 0.15) is 0 Å². The first kappa shape index (κ1) is 16.0. The maximum Gasteiger partial charge on any atom is 0.279 e. The number of nitrogens with one attached hydrogen (secondary N) is 3. The molecule has 21 heavy (non-hydrogen) atoms. The molecule has 0 fully saturated rings. The van der Waals surface area contributed by atoms with Crippen molar-refractivity contribution in [3.05, 3.63) is 40.5 Å². The number of benzene rings is 1. The quantitative estimate of drug-likeness (QED) is 0.726. The molecule has 114 valence electrons. The predicted molar refractivity (Wildman–Crippen MR) is 85.5 cm³/mol. The highest BCUT2D eigenvalue weighted by Gasteiger charge is 2.20. The number of rotatable bonds is 6. The van der Waals surface area contributed by atoms with Gasteiger partial charge in [-0.25, -0.2) is 0 Å². The molecule has 1 heterocycles. The number of halogens is 1. The molecule has 0 unspecified atom stereocenters. The van der Waals surface area contributed by atoms with Crippen LogP contribution in [0.5, 0.6) is 0 Å². The summed E-state index contributed by atoms with van der Waals surface area (Å²) in [7, 11) is -3.68. The van der Waals surface area contributed by atoms with E-state index in [-0.39, 0.29) is 11.1 Å². The highest BCUT2D eigenvalue weighted by atomic mass is 79.9. The van der Waals surface area contributed by atoms with Gasteiger partial charge in [0.25, 0.3) is 10.0 Å². The molecule has 0 atom stereocenters. The van der Waals surface area contributed by atoms with Crippen LogP contribution in [0, 0.1) is 0 Å². The fourth-order valence-electron chi connectivity index (χ4n) is 1.70. The summed E-state index contributed by atoms with van der Waals surface area (Å²) in [5.41, 5.74) is 1.10. The second-order valence-corrected chi connectivity index (χ2v) is 7.41. The van der Waals surface area contributed by atoms with Crippen LogP contribution in [-0.2, 0) is 16.6 Å². The third-order valence-corrected chi connectivity index (χ3v) is 4.67. The molecule has 0 bridgehead atoms. The molecule has 0 aliphatic rings. The lowest BCUT2D eigenvalue weighted by Gasteiger charge is -2.10. The van der Waals surface area contributed by atoms with E-state index in [0.717, 1.165) is 4.47 Å². The Morgan fingerprint density at radius 2 is 1.95 bits per heavy atom. The van der Waals surface area contributed by atoms with Crippen molar-refractivity contribution < 1.29 is 8.42 Å². The first-order chi connectivity index (χ1) is 9.88. The summed E-state index contributed by atoms with van der Waals surface area (Å²) in [4.78, 5) is 0. The van der Waals surface area contributed by atoms with E-state index in [1.807, 2.05) is 13.8 Å². The lowest BCUT2D eigenvalue weighted by atomic mass is 10.3. The molecule has 1 aromatic heterocycles. The van der Waals surface area contributed by atoms with Crippen LogP contribution in [0.1, 0.15) is 19.4 Å². The van der Waals surface area contributed by atoms with Crippen molar-refractivity contribution in [3.63, 3.8) is 0 Å². The van der Waals surface area contributed by atoms with E-state index in [4.69, 9.17) is 0 Å². The van der Waals surface area contributed by atoms with Gasteiger partial charge in [-0.15, -0.1) is 0 Å². The van der Waals surface area contributed by atoms with Gasteiger partial charge in [-0.1, -0.05) is 29.8 Å². The molecule has 0 amide bonds. The summed E-state index contributed by atoms with van der Waals surface area (Å²) >= 11 is 3.31. The second kappa shape index (κ2) is 6.59. The number of aromatic amines is 1. The predicted octanol–water partition coefficient (Wildman–Crippen LogP) is 2.47. The fraction of sp³-hybridized carbons (Fsp3) is 0.308. The van der Waals surface area contributed by atoms with Gasteiger partial charge >= 0.3 is 0 Å². The van der Waals surface area contributed by atoms with Crippen LogP contribution < -0.4 is 10.0 Å². The highest BCUT2D eigenvalue weighted by molar-refractivity contribution is 9.10. The average molecular weight is 373 g/mol. The molecule has 0 radical (unpaired) electrons. The van der Waals surface area contributed by atoms with Crippen molar-refractivity contribution in [2.45, 2.75) is 31.5 Å². The zero-order chi connectivity index (χ0) is 15.5. The SMILES string of the molecule is CC(C)NCc1cn[nH]c1S(=O)(=O)Nc1ccc(Br)cc1. The van der Waals surface area contributed by atoms with Gasteiger partial charge in [0.15, 0.2) is 5.03 Å². The van der Waals surface area contributed by atoms with E-state index in [1.165, 1.54) is 6.20 Å². The summed E-state index contributed by atoms with van der Waals surface area (Å²) in [6.07, 6.45) is 1.52. The number of sulfonamides is 1. The molecule has 0 saturated heterocycles. The minimum atomic E-state index is -3.68. The van der Waals surface area contributed by atoms with Crippen LogP contribution in [0.3, 0.4) is 0 Å². The van der Waals surface area contributed by atoms with E-state index < -0.39 is 10.0 Å². The monoisotopic (exact) mass is 372 g/mol. The molecule has 2 aromatic rings. The molecule has 0 saturated carbocycles. The second-order valence-electron chi connectivity index (χ2n) is 4.87. The summed E-state index contributed by atoms with van der Waals surface area (Å²) in [5, 5.41) is 9.64. The van der Waals surface area contributed by atoms with Gasteiger partial charge in [-0.2, -0.15) is 13.5 Å². The zero-order valence-electron chi connectivity index (χ0n) is 11.7. The molecular weight excluding hydrogens is 356 g/mol. The van der Waals surface area contributed by atoms with Gasteiger partial charge in [0.2, 0.25) is 0 Å². The van der Waals surface area contributed by atoms with Crippen LogP contribution in [0.4, 0.5) is 5.69 Å². The first-order valence-corrected chi connectivity index (χ1v) is 8.70. The van der Waals surface area contributed by atoms with Crippen molar-refractivity contribution in [1.29, 1.82) is 0 Å². The van der Waals surface area contributed by atoms with Crippen LogP contribution >= 0.6 is 15.9 Å². The third kappa shape index (κ3) is 4.29. The van der Waals surface area contributed by atoms with Crippen LogP contribution in [0.25, 0.3) is 0 Å². The number of hydrogen-bond donors (Lipinski definition) is 3. The Hall–Kier alpha value is -1.38. The smallest absolute Gasteiger partial charge is 0.279 e. The van der Waals surface area contributed by atoms with Gasteiger partial charge in [-0.05, 0) is 24.3 Å². The normalized spacial score (nSPS) is 11.8. The van der Waals surface area contributed by atoms with Gasteiger partial charge in [0.05, 0.1) is 6.20 Å². The van der Waals surface area contributed by atoms with Crippen molar-refractivity contribution in [2.75, 3.05) is 4.72 Å². The van der Waals surface area contributed by atoms with Gasteiger partial charge in [0, 0.05) is 28.3 Å². The van der Waals surface area contributed by atoms with E-state index in [0.29, 0.717) is 17.8 Å². The van der Waals surface area contributed by atoms with Crippen molar-refractivity contribution in [1.82, 2.24) is 15.5 Å². The largest absolute Gasteiger partial charge is 0.310 e. The Balaban J connectivity index is 2.19. The van der Waals surface area contributed by atoms with Crippen molar-refractivity contribution in [2.24, 2.45) is 0 Å². The number of anilines is 1. The van der Waals surface area contributed by atoms with Crippen molar-refractivity contribution in [3.8, 4) is 0 Å². The molecule has 0 spiro atoms. The molecule has 1 aromatic carbocycles. The van der Waals surface area contributed by atoms with E-state index >= 15 is 0 Å². The summed E-state index contributed by atoms with van der Waals surface area (Å²) < 4.78 is 28.2. The Kier molecular flexibility index (Phi) is 5.02. The molecule has 3 N–H and O–H groups in total. The highest BCUT2D eigenvalue weighted by Crippen LogP contribution is 2.19. The molecule has 2 rings (SSSR count). The van der Waals surface area contributed by atoms with Crippen LogP contribution in [0.2, 0.25) is 0 Å². The number of aromatic nitrogens is 2. The number of hydrogen-bond acceptors (Lipinski definition) is 4. The maximum atomic E-state index is 12.4. The topological polar surface area (TPSA) is 86.9 Å². The fourth-order valence-corrected chi connectivity index (χ4v) is 3.15. The lowest BCUT2D eigenvalue weighted by molar-refractivity contribution is 0.574. The minimum absolute atomic E-state index is 0.0820. The molecular formula is C13H17BrN4O2S. The average Bonchev–Trinajstić information content (AvgIpc) is 2.88. The Labute approximate surface area is 132 Å². The van der Waals surface area contributed by atoms with Gasteiger partial charge in [-0.3, -0.25) is 9.82 Å². The van der Waals surface area contributed by atoms with Crippen LogP contribution in [0.15, 0.2) is 40.0 Å². The summed E-state index contributed by atoms with van der Waals surface area (Å²) in [5.74, 6) is 0. The first-order valence-electron chi connectivity index (χ1n) is 6.42. The lowest BCUT2D eigenvalue weighted by Crippen LogP contribution is -2.23. The Bertz CT molecular complexity index is 695. The van der Waals surface area contributed by atoms with Crippen molar-refractivity contribution >= 4 is 31.6 Å². The number of H-pyrrole nitrogens is 1. The maximum absolute atomic E-state index is 12.4.